The molecule has 0 bridgehead atoms. The standard InChI is InChI=1S/C13H18N4S/c1-2-12-16-10(9-18-12)8-17-7-3-4-11(17)13-14-5-6-15-13/h5-6,9,11H,2-4,7-8H2,1H3,(H,14,15). The lowest BCUT2D eigenvalue weighted by molar-refractivity contribution is 0.238. The van der Waals surface area contributed by atoms with Gasteiger partial charge in [0.05, 0.1) is 16.7 Å². The third-order valence-electron chi connectivity index (χ3n) is 3.47. The fourth-order valence-corrected chi connectivity index (χ4v) is 3.31. The van der Waals surface area contributed by atoms with E-state index in [1.165, 1.54) is 23.5 Å². The maximum absolute atomic E-state index is 4.65. The van der Waals surface area contributed by atoms with Gasteiger partial charge in [0, 0.05) is 24.3 Å². The number of hydrogen-bond donors (Lipinski definition) is 1. The van der Waals surface area contributed by atoms with Crippen LogP contribution >= 0.6 is 11.3 Å². The van der Waals surface area contributed by atoms with Crippen molar-refractivity contribution in [3.8, 4) is 0 Å². The van der Waals surface area contributed by atoms with E-state index in [-0.39, 0.29) is 0 Å². The summed E-state index contributed by atoms with van der Waals surface area (Å²) in [7, 11) is 0. The van der Waals surface area contributed by atoms with Crippen LogP contribution in [0.1, 0.15) is 42.3 Å². The maximum Gasteiger partial charge on any atom is 0.123 e. The van der Waals surface area contributed by atoms with Crippen LogP contribution in [0.5, 0.6) is 0 Å². The molecule has 0 saturated carbocycles. The first-order chi connectivity index (χ1) is 8.86. The summed E-state index contributed by atoms with van der Waals surface area (Å²) < 4.78 is 0. The molecule has 0 aromatic carbocycles. The molecule has 18 heavy (non-hydrogen) atoms. The number of likely N-dealkylation sites (tertiary alicyclic amines) is 1. The first-order valence-corrected chi connectivity index (χ1v) is 7.41. The number of aromatic amines is 1. The van der Waals surface area contributed by atoms with Gasteiger partial charge in [-0.25, -0.2) is 9.97 Å². The summed E-state index contributed by atoms with van der Waals surface area (Å²) in [6.45, 7) is 4.25. The molecule has 3 heterocycles. The molecule has 1 saturated heterocycles. The van der Waals surface area contributed by atoms with Crippen molar-refractivity contribution in [1.82, 2.24) is 19.9 Å². The van der Waals surface area contributed by atoms with Gasteiger partial charge in [0.1, 0.15) is 5.82 Å². The summed E-state index contributed by atoms with van der Waals surface area (Å²) >= 11 is 1.77. The van der Waals surface area contributed by atoms with Crippen molar-refractivity contribution in [3.05, 3.63) is 34.3 Å². The molecule has 0 amide bonds. The van der Waals surface area contributed by atoms with Gasteiger partial charge in [0.15, 0.2) is 0 Å². The topological polar surface area (TPSA) is 44.8 Å². The maximum atomic E-state index is 4.65. The quantitative estimate of drug-likeness (QED) is 0.921. The second-order valence-corrected chi connectivity index (χ2v) is 5.63. The van der Waals surface area contributed by atoms with Crippen LogP contribution in [0.2, 0.25) is 0 Å². The number of nitrogens with zero attached hydrogens (tertiary/aromatic N) is 3. The zero-order valence-electron chi connectivity index (χ0n) is 10.6. The SMILES string of the molecule is CCc1nc(CN2CCCC2c2ncc[nH]2)cs1. The van der Waals surface area contributed by atoms with E-state index in [0.29, 0.717) is 6.04 Å². The molecule has 2 aromatic rings. The van der Waals surface area contributed by atoms with Crippen molar-refractivity contribution in [1.29, 1.82) is 0 Å². The summed E-state index contributed by atoms with van der Waals surface area (Å²) in [6.07, 6.45) is 7.22. The highest BCUT2D eigenvalue weighted by Gasteiger charge is 2.28. The highest BCUT2D eigenvalue weighted by molar-refractivity contribution is 7.09. The zero-order chi connectivity index (χ0) is 12.4. The highest BCUT2D eigenvalue weighted by atomic mass is 32.1. The van der Waals surface area contributed by atoms with Crippen LogP contribution < -0.4 is 0 Å². The van der Waals surface area contributed by atoms with Crippen molar-refractivity contribution in [2.45, 2.75) is 38.8 Å². The van der Waals surface area contributed by atoms with E-state index in [0.717, 1.165) is 25.3 Å². The van der Waals surface area contributed by atoms with Gasteiger partial charge in [0.2, 0.25) is 0 Å². The molecule has 0 radical (unpaired) electrons. The molecule has 96 valence electrons. The molecule has 5 heteroatoms. The Morgan fingerprint density at radius 1 is 1.56 bits per heavy atom. The Morgan fingerprint density at radius 3 is 3.22 bits per heavy atom. The Bertz CT molecular complexity index is 491. The van der Waals surface area contributed by atoms with Gasteiger partial charge in [-0.3, -0.25) is 4.90 Å². The molecule has 3 rings (SSSR count). The number of H-pyrrole nitrogens is 1. The Balaban J connectivity index is 1.71. The minimum absolute atomic E-state index is 0.437. The van der Waals surface area contributed by atoms with E-state index in [4.69, 9.17) is 0 Å². The monoisotopic (exact) mass is 262 g/mol. The van der Waals surface area contributed by atoms with E-state index < -0.39 is 0 Å². The molecule has 1 aliphatic rings. The number of aryl methyl sites for hydroxylation is 1. The van der Waals surface area contributed by atoms with Crippen LogP contribution in [0.25, 0.3) is 0 Å². The zero-order valence-corrected chi connectivity index (χ0v) is 11.4. The number of imidazole rings is 1. The van der Waals surface area contributed by atoms with Crippen LogP contribution in [0.3, 0.4) is 0 Å². The molecule has 1 atom stereocenters. The van der Waals surface area contributed by atoms with Crippen LogP contribution in [0, 0.1) is 0 Å². The van der Waals surface area contributed by atoms with E-state index in [2.05, 4.69) is 32.2 Å². The summed E-state index contributed by atoms with van der Waals surface area (Å²) in [5, 5.41) is 3.43. The van der Waals surface area contributed by atoms with Crippen LogP contribution in [-0.4, -0.2) is 26.4 Å². The highest BCUT2D eigenvalue weighted by Crippen LogP contribution is 2.31. The van der Waals surface area contributed by atoms with Crippen LogP contribution in [0.4, 0.5) is 0 Å². The van der Waals surface area contributed by atoms with Gasteiger partial charge in [-0.1, -0.05) is 6.92 Å². The number of aromatic nitrogens is 3. The fourth-order valence-electron chi connectivity index (χ4n) is 2.58. The van der Waals surface area contributed by atoms with Gasteiger partial charge in [-0.05, 0) is 25.8 Å². The van der Waals surface area contributed by atoms with Gasteiger partial charge in [-0.15, -0.1) is 11.3 Å². The minimum atomic E-state index is 0.437. The number of thiazole rings is 1. The summed E-state index contributed by atoms with van der Waals surface area (Å²) in [5.41, 5.74) is 1.20. The second-order valence-electron chi connectivity index (χ2n) is 4.69. The number of rotatable bonds is 4. The predicted octanol–water partition coefficient (Wildman–Crippen LogP) is 2.77. The van der Waals surface area contributed by atoms with E-state index in [9.17, 15) is 0 Å². The van der Waals surface area contributed by atoms with E-state index >= 15 is 0 Å². The number of nitrogens with one attached hydrogen (secondary N) is 1. The first-order valence-electron chi connectivity index (χ1n) is 6.53. The summed E-state index contributed by atoms with van der Waals surface area (Å²) in [6, 6.07) is 0.437. The Morgan fingerprint density at radius 2 is 2.50 bits per heavy atom. The van der Waals surface area contributed by atoms with Crippen molar-refractivity contribution in [3.63, 3.8) is 0 Å². The third kappa shape index (κ3) is 2.33. The molecule has 0 aliphatic carbocycles. The average Bonchev–Trinajstić information content (AvgIpc) is 3.09. The summed E-state index contributed by atoms with van der Waals surface area (Å²) in [4.78, 5) is 14.8. The van der Waals surface area contributed by atoms with E-state index in [1.807, 2.05) is 12.4 Å². The Labute approximate surface area is 111 Å². The van der Waals surface area contributed by atoms with Gasteiger partial charge < -0.3 is 4.98 Å². The molecule has 1 aliphatic heterocycles. The van der Waals surface area contributed by atoms with Gasteiger partial charge in [-0.2, -0.15) is 0 Å². The average molecular weight is 262 g/mol. The molecule has 1 N–H and O–H groups in total. The molecular weight excluding hydrogens is 244 g/mol. The largest absolute Gasteiger partial charge is 0.347 e. The normalized spacial score (nSPS) is 20.6. The Kier molecular flexibility index (Phi) is 3.43. The summed E-state index contributed by atoms with van der Waals surface area (Å²) in [5.74, 6) is 1.10. The lowest BCUT2D eigenvalue weighted by Gasteiger charge is -2.21. The second kappa shape index (κ2) is 5.20. The predicted molar refractivity (Wildman–Crippen MR) is 72.5 cm³/mol. The van der Waals surface area contributed by atoms with Gasteiger partial charge >= 0.3 is 0 Å². The Hall–Kier alpha value is -1.20. The lowest BCUT2D eigenvalue weighted by Crippen LogP contribution is -2.23. The molecule has 1 unspecified atom stereocenters. The lowest BCUT2D eigenvalue weighted by atomic mass is 10.2. The van der Waals surface area contributed by atoms with Gasteiger partial charge in [0.25, 0.3) is 0 Å². The molecule has 1 fully saturated rings. The van der Waals surface area contributed by atoms with Crippen LogP contribution in [0.15, 0.2) is 17.8 Å². The molecule has 4 nitrogen and oxygen atoms in total. The minimum Gasteiger partial charge on any atom is -0.347 e. The van der Waals surface area contributed by atoms with Crippen molar-refractivity contribution >= 4 is 11.3 Å². The molecular formula is C13H18N4S. The van der Waals surface area contributed by atoms with Crippen LogP contribution in [-0.2, 0) is 13.0 Å². The van der Waals surface area contributed by atoms with Crippen molar-refractivity contribution < 1.29 is 0 Å². The first kappa shape index (κ1) is 11.9. The van der Waals surface area contributed by atoms with Crippen molar-refractivity contribution in [2.24, 2.45) is 0 Å². The smallest absolute Gasteiger partial charge is 0.123 e. The molecule has 0 spiro atoms. The van der Waals surface area contributed by atoms with Crippen molar-refractivity contribution in [2.75, 3.05) is 6.54 Å². The number of hydrogen-bond acceptors (Lipinski definition) is 4. The van der Waals surface area contributed by atoms with E-state index in [1.54, 1.807) is 11.3 Å². The fraction of sp³-hybridized carbons (Fsp3) is 0.538. The molecule has 2 aromatic heterocycles. The third-order valence-corrected chi connectivity index (χ3v) is 4.51.